The maximum absolute atomic E-state index is 12.9. The van der Waals surface area contributed by atoms with Gasteiger partial charge in [0, 0.05) is 17.4 Å². The molecule has 2 N–H and O–H groups in total. The van der Waals surface area contributed by atoms with Crippen molar-refractivity contribution in [1.82, 2.24) is 10.3 Å². The van der Waals surface area contributed by atoms with Crippen molar-refractivity contribution in [2.24, 2.45) is 0 Å². The highest BCUT2D eigenvalue weighted by atomic mass is 32.2. The average Bonchev–Trinajstić information content (AvgIpc) is 2.70. The van der Waals surface area contributed by atoms with Crippen molar-refractivity contribution in [3.05, 3.63) is 89.2 Å². The summed E-state index contributed by atoms with van der Waals surface area (Å²) in [6, 6.07) is 16.9. The molecule has 6 nitrogen and oxygen atoms in total. The summed E-state index contributed by atoms with van der Waals surface area (Å²) < 4.78 is 28.3. The molecule has 150 valence electrons. The molecule has 0 radical (unpaired) electrons. The Kier molecular flexibility index (Phi) is 5.98. The number of carbonyl (C=O) groups is 1. The lowest BCUT2D eigenvalue weighted by atomic mass is 10.1. The second kappa shape index (κ2) is 8.45. The van der Waals surface area contributed by atoms with Crippen LogP contribution in [0.3, 0.4) is 0 Å². The van der Waals surface area contributed by atoms with Gasteiger partial charge in [-0.1, -0.05) is 29.8 Å². The van der Waals surface area contributed by atoms with Crippen molar-refractivity contribution >= 4 is 21.6 Å². The first-order valence-electron chi connectivity index (χ1n) is 9.18. The number of rotatable bonds is 6. The molecule has 0 saturated heterocycles. The normalized spacial score (nSPS) is 12.2. The first-order valence-corrected chi connectivity index (χ1v) is 10.7. The van der Waals surface area contributed by atoms with Crippen LogP contribution in [0.25, 0.3) is 0 Å². The molecule has 0 fully saturated rings. The van der Waals surface area contributed by atoms with E-state index < -0.39 is 10.0 Å². The number of aryl methyl sites for hydroxylation is 2. The summed E-state index contributed by atoms with van der Waals surface area (Å²) in [6.45, 7) is 5.45. The standard InChI is InChI=1S/C22H23N3O3S/c1-15-7-11-19(12-8-15)25-29(27,28)21-14-18(10-9-16(21)2)22(26)24-17(3)20-6-4-5-13-23-20/h4-14,17,25H,1-3H3,(H,24,26)/t17-/m1/s1. The van der Waals surface area contributed by atoms with Gasteiger partial charge in [-0.05, 0) is 62.7 Å². The highest BCUT2D eigenvalue weighted by Gasteiger charge is 2.20. The summed E-state index contributed by atoms with van der Waals surface area (Å²) >= 11 is 0. The fourth-order valence-corrected chi connectivity index (χ4v) is 4.18. The molecule has 0 spiro atoms. The van der Waals surface area contributed by atoms with E-state index in [-0.39, 0.29) is 22.4 Å². The zero-order valence-electron chi connectivity index (χ0n) is 16.5. The monoisotopic (exact) mass is 409 g/mol. The van der Waals surface area contributed by atoms with Crippen molar-refractivity contribution in [3.8, 4) is 0 Å². The molecule has 0 bridgehead atoms. The molecule has 3 aromatic rings. The van der Waals surface area contributed by atoms with Crippen molar-refractivity contribution in [3.63, 3.8) is 0 Å². The van der Waals surface area contributed by atoms with Crippen LogP contribution in [0.4, 0.5) is 5.69 Å². The predicted molar refractivity (Wildman–Crippen MR) is 113 cm³/mol. The number of anilines is 1. The topological polar surface area (TPSA) is 88.2 Å². The number of pyridine rings is 1. The minimum absolute atomic E-state index is 0.0659. The van der Waals surface area contributed by atoms with E-state index in [1.807, 2.05) is 38.1 Å². The first kappa shape index (κ1) is 20.5. The van der Waals surface area contributed by atoms with Crippen molar-refractivity contribution < 1.29 is 13.2 Å². The highest BCUT2D eigenvalue weighted by Crippen LogP contribution is 2.22. The van der Waals surface area contributed by atoms with Gasteiger partial charge in [-0.25, -0.2) is 8.42 Å². The third-order valence-corrected chi connectivity index (χ3v) is 6.05. The largest absolute Gasteiger partial charge is 0.344 e. The van der Waals surface area contributed by atoms with Crippen LogP contribution < -0.4 is 10.0 Å². The zero-order valence-corrected chi connectivity index (χ0v) is 17.3. The minimum Gasteiger partial charge on any atom is -0.344 e. The van der Waals surface area contributed by atoms with Gasteiger partial charge in [-0.2, -0.15) is 0 Å². The lowest BCUT2D eigenvalue weighted by Gasteiger charge is -2.15. The van der Waals surface area contributed by atoms with E-state index in [9.17, 15) is 13.2 Å². The fraction of sp³-hybridized carbons (Fsp3) is 0.182. The van der Waals surface area contributed by atoms with Crippen LogP contribution in [-0.4, -0.2) is 19.3 Å². The Bertz CT molecular complexity index is 1110. The molecule has 1 heterocycles. The predicted octanol–water partition coefficient (Wildman–Crippen LogP) is 3.99. The molecule has 1 amide bonds. The number of nitrogens with zero attached hydrogens (tertiary/aromatic N) is 1. The second-order valence-corrected chi connectivity index (χ2v) is 8.55. The smallest absolute Gasteiger partial charge is 0.262 e. The number of carbonyl (C=O) groups excluding carboxylic acids is 1. The Morgan fingerprint density at radius 2 is 1.72 bits per heavy atom. The summed E-state index contributed by atoms with van der Waals surface area (Å²) in [5.41, 5.74) is 3.04. The van der Waals surface area contributed by atoms with Gasteiger partial charge in [0.1, 0.15) is 0 Å². The van der Waals surface area contributed by atoms with Gasteiger partial charge in [0.25, 0.3) is 15.9 Å². The molecule has 7 heteroatoms. The molecule has 2 aromatic carbocycles. The maximum atomic E-state index is 12.9. The summed E-state index contributed by atoms with van der Waals surface area (Å²) in [6.07, 6.45) is 1.66. The van der Waals surface area contributed by atoms with Crippen LogP contribution in [-0.2, 0) is 10.0 Å². The summed E-state index contributed by atoms with van der Waals surface area (Å²) in [5.74, 6) is -0.366. The van der Waals surface area contributed by atoms with Crippen LogP contribution >= 0.6 is 0 Å². The number of sulfonamides is 1. The van der Waals surface area contributed by atoms with Crippen LogP contribution in [0.15, 0.2) is 71.8 Å². The molecular formula is C22H23N3O3S. The van der Waals surface area contributed by atoms with Gasteiger partial charge in [-0.3, -0.25) is 14.5 Å². The Labute approximate surface area is 171 Å². The lowest BCUT2D eigenvalue weighted by molar-refractivity contribution is 0.0939. The van der Waals surface area contributed by atoms with Crippen LogP contribution in [0, 0.1) is 13.8 Å². The lowest BCUT2D eigenvalue weighted by Crippen LogP contribution is -2.27. The molecule has 3 rings (SSSR count). The maximum Gasteiger partial charge on any atom is 0.262 e. The Morgan fingerprint density at radius 1 is 1.00 bits per heavy atom. The van der Waals surface area contributed by atoms with Crippen molar-refractivity contribution in [1.29, 1.82) is 0 Å². The summed E-state index contributed by atoms with van der Waals surface area (Å²) in [4.78, 5) is 17.0. The number of aromatic nitrogens is 1. The van der Waals surface area contributed by atoms with Gasteiger partial charge in [-0.15, -0.1) is 0 Å². The van der Waals surface area contributed by atoms with Crippen molar-refractivity contribution in [2.75, 3.05) is 4.72 Å². The zero-order chi connectivity index (χ0) is 21.0. The van der Waals surface area contributed by atoms with Gasteiger partial charge >= 0.3 is 0 Å². The van der Waals surface area contributed by atoms with Gasteiger partial charge < -0.3 is 5.32 Å². The number of amides is 1. The number of hydrogen-bond donors (Lipinski definition) is 2. The Morgan fingerprint density at radius 3 is 2.38 bits per heavy atom. The minimum atomic E-state index is -3.84. The molecule has 0 aliphatic carbocycles. The van der Waals surface area contributed by atoms with E-state index in [1.54, 1.807) is 43.5 Å². The van der Waals surface area contributed by atoms with E-state index in [2.05, 4.69) is 15.0 Å². The van der Waals surface area contributed by atoms with Crippen LogP contribution in [0.5, 0.6) is 0 Å². The Balaban J connectivity index is 1.83. The molecular weight excluding hydrogens is 386 g/mol. The summed E-state index contributed by atoms with van der Waals surface area (Å²) in [5, 5.41) is 2.85. The van der Waals surface area contributed by atoms with E-state index in [4.69, 9.17) is 0 Å². The molecule has 29 heavy (non-hydrogen) atoms. The molecule has 0 unspecified atom stereocenters. The van der Waals surface area contributed by atoms with Gasteiger partial charge in [0.2, 0.25) is 0 Å². The highest BCUT2D eigenvalue weighted by molar-refractivity contribution is 7.92. The second-order valence-electron chi connectivity index (χ2n) is 6.90. The fourth-order valence-electron chi connectivity index (χ4n) is 2.85. The third-order valence-electron chi connectivity index (χ3n) is 4.52. The average molecular weight is 410 g/mol. The molecule has 1 aromatic heterocycles. The molecule has 0 aliphatic heterocycles. The van der Waals surface area contributed by atoms with Crippen LogP contribution in [0.2, 0.25) is 0 Å². The van der Waals surface area contributed by atoms with Gasteiger partial charge in [0.15, 0.2) is 0 Å². The molecule has 1 atom stereocenters. The van der Waals surface area contributed by atoms with Crippen LogP contribution in [0.1, 0.15) is 40.1 Å². The molecule has 0 aliphatic rings. The van der Waals surface area contributed by atoms with E-state index >= 15 is 0 Å². The SMILES string of the molecule is Cc1ccc(NS(=O)(=O)c2cc(C(=O)N[C@H](C)c3ccccn3)ccc2C)cc1. The third kappa shape index (κ3) is 5.00. The van der Waals surface area contributed by atoms with E-state index in [0.29, 0.717) is 11.3 Å². The van der Waals surface area contributed by atoms with Gasteiger partial charge in [0.05, 0.1) is 16.6 Å². The van der Waals surface area contributed by atoms with E-state index in [1.165, 1.54) is 6.07 Å². The quantitative estimate of drug-likeness (QED) is 0.644. The van der Waals surface area contributed by atoms with E-state index in [0.717, 1.165) is 11.3 Å². The van der Waals surface area contributed by atoms with Crippen molar-refractivity contribution in [2.45, 2.75) is 31.7 Å². The number of hydrogen-bond acceptors (Lipinski definition) is 4. The molecule has 0 saturated carbocycles. The number of benzene rings is 2. The Hall–Kier alpha value is -3.19. The number of nitrogens with one attached hydrogen (secondary N) is 2. The first-order chi connectivity index (χ1) is 13.8. The summed E-state index contributed by atoms with van der Waals surface area (Å²) in [7, 11) is -3.84.